The molecule has 0 bridgehead atoms. The van der Waals surface area contributed by atoms with Crippen LogP contribution in [0, 0.1) is 23.3 Å². The van der Waals surface area contributed by atoms with Crippen LogP contribution < -0.4 is 5.73 Å². The molecule has 0 amide bonds. The van der Waals surface area contributed by atoms with Crippen LogP contribution in [0.25, 0.3) is 16.5 Å². The molecule has 242 valence electrons. The average Bonchev–Trinajstić information content (AvgIpc) is 3.03. The van der Waals surface area contributed by atoms with Crippen molar-refractivity contribution in [1.29, 1.82) is 0 Å². The van der Waals surface area contributed by atoms with Crippen LogP contribution in [-0.4, -0.2) is 18.4 Å². The highest BCUT2D eigenvalue weighted by molar-refractivity contribution is 9.09. The maximum absolute atomic E-state index is 13.1. The minimum Gasteiger partial charge on any atom is -0.327 e. The largest absolute Gasteiger partial charge is 0.327 e. The fraction of sp³-hybridized carbons (Fsp3) is 0.188. The first kappa shape index (κ1) is 41.2. The standard InChI is InChI=1S/C8H7BrF2.C8H7F2N3.C8H9F2N.C8H7F.ClH/c9-5-8(11)6-2-1-3-7(10)4-6;9-7-3-1-2-6(4-7)8(10)5-12-13-11;9-7-3-1-2-6(4-7)8(10)5-11;1-2-7-4-3-5-8(9)6-7;/h1-4,8H,5H2;1-4,8H,5H2;1-4,8H,5,11H2;2-6H,1H2;1H. The summed E-state index contributed by atoms with van der Waals surface area (Å²) in [4.78, 5) is 2.41. The van der Waals surface area contributed by atoms with E-state index in [2.05, 4.69) is 32.5 Å². The van der Waals surface area contributed by atoms with Gasteiger partial charge in [-0.05, 0) is 76.3 Å². The predicted octanol–water partition coefficient (Wildman–Crippen LogP) is 11.1. The molecule has 0 aromatic heterocycles. The van der Waals surface area contributed by atoms with Gasteiger partial charge in [-0.25, -0.2) is 30.7 Å². The number of benzene rings is 4. The molecule has 2 N–H and O–H groups in total. The van der Waals surface area contributed by atoms with Gasteiger partial charge < -0.3 is 5.73 Å². The summed E-state index contributed by atoms with van der Waals surface area (Å²) < 4.78 is 88.5. The van der Waals surface area contributed by atoms with Gasteiger partial charge in [0.1, 0.15) is 41.8 Å². The Hall–Kier alpha value is -3.83. The van der Waals surface area contributed by atoms with Crippen LogP contribution in [0.15, 0.2) is 109 Å². The Morgan fingerprint density at radius 3 is 1.44 bits per heavy atom. The quantitative estimate of drug-likeness (QED) is 0.0636. The Balaban J connectivity index is 0.000000573. The first-order valence-electron chi connectivity index (χ1n) is 12.9. The minimum atomic E-state index is -1.44. The number of nitrogens with zero attached hydrogens (tertiary/aromatic N) is 3. The highest BCUT2D eigenvalue weighted by Crippen LogP contribution is 2.20. The maximum atomic E-state index is 13.1. The van der Waals surface area contributed by atoms with Gasteiger partial charge in [0.15, 0.2) is 0 Å². The zero-order valence-corrected chi connectivity index (χ0v) is 26.1. The van der Waals surface area contributed by atoms with Crippen LogP contribution in [0.5, 0.6) is 0 Å². The SMILES string of the molecule is C=Cc1cccc(F)c1.Cl.Fc1cccc(C(F)CBr)c1.NCC(F)c1cccc(F)c1.[N-]=[N+]=NCC(F)c1cccc(F)c1. The number of halogens is 9. The molecule has 0 spiro atoms. The van der Waals surface area contributed by atoms with Crippen molar-refractivity contribution in [2.75, 3.05) is 18.4 Å². The lowest BCUT2D eigenvalue weighted by Gasteiger charge is -2.03. The van der Waals surface area contributed by atoms with E-state index in [1.165, 1.54) is 66.7 Å². The lowest BCUT2D eigenvalue weighted by molar-refractivity contribution is 0.351. The molecule has 0 aliphatic carbocycles. The number of hydrogen-bond donors (Lipinski definition) is 1. The van der Waals surface area contributed by atoms with Crippen molar-refractivity contribution in [3.8, 4) is 0 Å². The molecular weight excluding hydrogens is 689 g/mol. The van der Waals surface area contributed by atoms with Crippen molar-refractivity contribution < 1.29 is 30.7 Å². The molecule has 0 saturated carbocycles. The van der Waals surface area contributed by atoms with E-state index in [0.717, 1.165) is 17.7 Å². The fourth-order valence-corrected chi connectivity index (χ4v) is 3.55. The Morgan fingerprint density at radius 2 is 1.11 bits per heavy atom. The van der Waals surface area contributed by atoms with Gasteiger partial charge in [0.25, 0.3) is 0 Å². The third kappa shape index (κ3) is 17.3. The smallest absolute Gasteiger partial charge is 0.137 e. The molecule has 4 aromatic carbocycles. The van der Waals surface area contributed by atoms with Gasteiger partial charge in [0.05, 0.1) is 6.54 Å². The normalized spacial score (nSPS) is 11.6. The molecule has 0 radical (unpaired) electrons. The topological polar surface area (TPSA) is 74.8 Å². The van der Waals surface area contributed by atoms with E-state index in [4.69, 9.17) is 11.3 Å². The van der Waals surface area contributed by atoms with E-state index < -0.39 is 36.0 Å². The second-order valence-electron chi connectivity index (χ2n) is 8.63. The van der Waals surface area contributed by atoms with Gasteiger partial charge in [-0.2, -0.15) is 0 Å². The summed E-state index contributed by atoms with van der Waals surface area (Å²) in [7, 11) is 0. The Labute approximate surface area is 272 Å². The van der Waals surface area contributed by atoms with Crippen molar-refractivity contribution in [3.05, 3.63) is 160 Å². The zero-order valence-electron chi connectivity index (χ0n) is 23.7. The van der Waals surface area contributed by atoms with Crippen LogP contribution in [0.2, 0.25) is 0 Å². The second kappa shape index (κ2) is 23.5. The van der Waals surface area contributed by atoms with Crippen LogP contribution >= 0.6 is 28.3 Å². The van der Waals surface area contributed by atoms with Crippen molar-refractivity contribution in [2.45, 2.75) is 18.5 Å². The summed E-state index contributed by atoms with van der Waals surface area (Å²) >= 11 is 2.98. The molecule has 0 aliphatic rings. The van der Waals surface area contributed by atoms with Gasteiger partial charge in [-0.15, -0.1) is 12.4 Å². The van der Waals surface area contributed by atoms with E-state index in [0.29, 0.717) is 11.1 Å². The Bertz CT molecular complexity index is 1420. The van der Waals surface area contributed by atoms with Crippen LogP contribution in [0.1, 0.15) is 40.8 Å². The van der Waals surface area contributed by atoms with Gasteiger partial charge in [0, 0.05) is 16.8 Å². The van der Waals surface area contributed by atoms with Gasteiger partial charge in [-0.1, -0.05) is 82.2 Å². The van der Waals surface area contributed by atoms with Crippen LogP contribution in [-0.2, 0) is 0 Å². The Kier molecular flexibility index (Phi) is 21.5. The monoisotopic (exact) mass is 718 g/mol. The molecule has 0 heterocycles. The summed E-state index contributed by atoms with van der Waals surface area (Å²) in [5, 5.41) is 3.27. The van der Waals surface area contributed by atoms with Crippen molar-refractivity contribution in [3.63, 3.8) is 0 Å². The third-order valence-electron chi connectivity index (χ3n) is 5.36. The van der Waals surface area contributed by atoms with E-state index in [1.54, 1.807) is 24.3 Å². The first-order valence-corrected chi connectivity index (χ1v) is 14.0. The number of azide groups is 1. The van der Waals surface area contributed by atoms with Crippen molar-refractivity contribution in [1.82, 2.24) is 0 Å². The first-order chi connectivity index (χ1) is 21.0. The number of nitrogens with two attached hydrogens (primary N) is 1. The second-order valence-corrected chi connectivity index (χ2v) is 9.28. The maximum Gasteiger partial charge on any atom is 0.137 e. The lowest BCUT2D eigenvalue weighted by Crippen LogP contribution is -2.07. The lowest BCUT2D eigenvalue weighted by atomic mass is 10.1. The van der Waals surface area contributed by atoms with E-state index in [-0.39, 0.29) is 42.2 Å². The molecule has 0 aliphatic heterocycles. The zero-order chi connectivity index (χ0) is 32.9. The average molecular weight is 720 g/mol. The molecule has 4 rings (SSSR count). The van der Waals surface area contributed by atoms with Crippen LogP contribution in [0.4, 0.5) is 30.7 Å². The minimum absolute atomic E-state index is 0. The van der Waals surface area contributed by atoms with Crippen molar-refractivity contribution >= 4 is 34.4 Å². The van der Waals surface area contributed by atoms with Crippen LogP contribution in [0.3, 0.4) is 0 Å². The molecule has 4 aromatic rings. The molecule has 3 atom stereocenters. The summed E-state index contributed by atoms with van der Waals surface area (Å²) in [5.41, 5.74) is 14.7. The van der Waals surface area contributed by atoms with Crippen molar-refractivity contribution in [2.24, 2.45) is 10.8 Å². The molecule has 0 saturated heterocycles. The highest BCUT2D eigenvalue weighted by Gasteiger charge is 2.09. The molecular formula is C32H31BrClF7N4. The number of rotatable bonds is 8. The summed E-state index contributed by atoms with van der Waals surface area (Å²) in [5.74, 6) is -1.54. The van der Waals surface area contributed by atoms with E-state index >= 15 is 0 Å². The van der Waals surface area contributed by atoms with E-state index in [1.807, 2.05) is 0 Å². The predicted molar refractivity (Wildman–Crippen MR) is 171 cm³/mol. The number of alkyl halides is 4. The molecule has 45 heavy (non-hydrogen) atoms. The Morgan fingerprint density at radius 1 is 0.711 bits per heavy atom. The number of hydrogen-bond acceptors (Lipinski definition) is 2. The molecule has 13 heteroatoms. The van der Waals surface area contributed by atoms with Gasteiger partial charge in [-0.3, -0.25) is 0 Å². The van der Waals surface area contributed by atoms with E-state index in [9.17, 15) is 30.7 Å². The third-order valence-corrected chi connectivity index (χ3v) is 5.93. The van der Waals surface area contributed by atoms with Gasteiger partial charge >= 0.3 is 0 Å². The van der Waals surface area contributed by atoms with Gasteiger partial charge in [0.2, 0.25) is 0 Å². The summed E-state index contributed by atoms with van der Waals surface area (Å²) in [6.45, 7) is 3.09. The molecule has 3 unspecified atom stereocenters. The highest BCUT2D eigenvalue weighted by atomic mass is 79.9. The molecule has 4 nitrogen and oxygen atoms in total. The summed E-state index contributed by atoms with van der Waals surface area (Å²) in [6.07, 6.45) is -2.20. The fourth-order valence-electron chi connectivity index (χ4n) is 3.18. The molecule has 0 fully saturated rings. The summed E-state index contributed by atoms with van der Waals surface area (Å²) in [6, 6.07) is 22.4.